The molecule has 0 aliphatic heterocycles. The molecule has 0 spiro atoms. The third kappa shape index (κ3) is 2.35. The Morgan fingerprint density at radius 1 is 0.889 bits per heavy atom. The van der Waals surface area contributed by atoms with Crippen LogP contribution in [0.25, 0.3) is 17.0 Å². The molecule has 18 heavy (non-hydrogen) atoms. The molecule has 3 aromatic rings. The number of rotatable bonds is 3. The molecule has 1 aromatic heterocycles. The van der Waals surface area contributed by atoms with E-state index in [-0.39, 0.29) is 0 Å². The number of fused-ring (bicyclic) bond motifs is 1. The first kappa shape index (κ1) is 10.8. The van der Waals surface area contributed by atoms with E-state index in [9.17, 15) is 0 Å². The molecule has 0 aliphatic rings. The smallest absolute Gasteiger partial charge is 0.0456 e. The Labute approximate surface area is 107 Å². The zero-order chi connectivity index (χ0) is 12.2. The summed E-state index contributed by atoms with van der Waals surface area (Å²) in [5.41, 5.74) is 3.71. The Kier molecular flexibility index (Phi) is 2.97. The zero-order valence-electron chi connectivity index (χ0n) is 10.1. The van der Waals surface area contributed by atoms with Crippen molar-refractivity contribution in [1.82, 2.24) is 4.98 Å². The highest BCUT2D eigenvalue weighted by molar-refractivity contribution is 5.80. The topological polar surface area (TPSA) is 15.8 Å². The van der Waals surface area contributed by atoms with Gasteiger partial charge in [0.1, 0.15) is 0 Å². The largest absolute Gasteiger partial charge is 0.358 e. The van der Waals surface area contributed by atoms with Crippen molar-refractivity contribution in [2.24, 2.45) is 0 Å². The fourth-order valence-electron chi connectivity index (χ4n) is 2.13. The van der Waals surface area contributed by atoms with E-state index in [1.165, 1.54) is 22.2 Å². The number of para-hydroxylation sites is 1. The van der Waals surface area contributed by atoms with Gasteiger partial charge in [-0.15, -0.1) is 0 Å². The van der Waals surface area contributed by atoms with Crippen LogP contribution in [0.5, 0.6) is 0 Å². The van der Waals surface area contributed by atoms with Gasteiger partial charge in [0, 0.05) is 17.6 Å². The van der Waals surface area contributed by atoms with Gasteiger partial charge in [0.25, 0.3) is 0 Å². The first-order chi connectivity index (χ1) is 8.92. The Morgan fingerprint density at radius 2 is 1.67 bits per heavy atom. The number of hydrogen-bond donors (Lipinski definition) is 1. The van der Waals surface area contributed by atoms with E-state index < -0.39 is 0 Å². The standard InChI is InChI=1S/C17H15N/c1-2-7-14(8-3-1)9-6-11-16-13-15-10-4-5-12-17(15)18-16/h1-10,12-13,18H,11H2/b9-6+. The van der Waals surface area contributed by atoms with E-state index in [2.05, 4.69) is 71.7 Å². The summed E-state index contributed by atoms with van der Waals surface area (Å²) in [5.74, 6) is 0. The second-order valence-corrected chi connectivity index (χ2v) is 4.40. The summed E-state index contributed by atoms with van der Waals surface area (Å²) in [6.45, 7) is 0. The number of aromatic amines is 1. The number of hydrogen-bond acceptors (Lipinski definition) is 0. The summed E-state index contributed by atoms with van der Waals surface area (Å²) in [6.07, 6.45) is 5.29. The number of allylic oxidation sites excluding steroid dienone is 1. The lowest BCUT2D eigenvalue weighted by molar-refractivity contribution is 1.18. The molecule has 0 atom stereocenters. The van der Waals surface area contributed by atoms with Crippen LogP contribution < -0.4 is 0 Å². The van der Waals surface area contributed by atoms with Gasteiger partial charge in [-0.05, 0) is 23.1 Å². The Balaban J connectivity index is 1.75. The van der Waals surface area contributed by atoms with E-state index in [1.54, 1.807) is 0 Å². The predicted octanol–water partition coefficient (Wildman–Crippen LogP) is 4.42. The molecular formula is C17H15N. The van der Waals surface area contributed by atoms with E-state index in [0.717, 1.165) is 6.42 Å². The normalized spacial score (nSPS) is 11.3. The molecule has 88 valence electrons. The minimum absolute atomic E-state index is 0.934. The van der Waals surface area contributed by atoms with Gasteiger partial charge >= 0.3 is 0 Å². The summed E-state index contributed by atoms with van der Waals surface area (Å²) < 4.78 is 0. The molecule has 0 saturated carbocycles. The van der Waals surface area contributed by atoms with Crippen molar-refractivity contribution in [2.75, 3.05) is 0 Å². The fourth-order valence-corrected chi connectivity index (χ4v) is 2.13. The average Bonchev–Trinajstić information content (AvgIpc) is 2.82. The summed E-state index contributed by atoms with van der Waals surface area (Å²) in [4.78, 5) is 3.43. The van der Waals surface area contributed by atoms with Gasteiger partial charge in [-0.3, -0.25) is 0 Å². The lowest BCUT2D eigenvalue weighted by Gasteiger charge is -1.92. The summed E-state index contributed by atoms with van der Waals surface area (Å²) in [7, 11) is 0. The lowest BCUT2D eigenvalue weighted by atomic mass is 10.2. The summed E-state index contributed by atoms with van der Waals surface area (Å²) in [5, 5.41) is 1.28. The van der Waals surface area contributed by atoms with Crippen LogP contribution in [0.1, 0.15) is 11.3 Å². The SMILES string of the molecule is C(=C\c1ccccc1)/Cc1cc2ccccc2[nH]1. The van der Waals surface area contributed by atoms with Crippen LogP contribution in [-0.2, 0) is 6.42 Å². The molecule has 1 nitrogen and oxygen atoms in total. The molecule has 1 heterocycles. The third-order valence-electron chi connectivity index (χ3n) is 3.03. The van der Waals surface area contributed by atoms with E-state index in [1.807, 2.05) is 6.07 Å². The molecule has 0 amide bonds. The molecule has 2 aromatic carbocycles. The first-order valence-electron chi connectivity index (χ1n) is 6.20. The molecule has 0 radical (unpaired) electrons. The minimum Gasteiger partial charge on any atom is -0.358 e. The van der Waals surface area contributed by atoms with Crippen LogP contribution in [0.3, 0.4) is 0 Å². The van der Waals surface area contributed by atoms with Crippen LogP contribution in [0.15, 0.2) is 66.7 Å². The van der Waals surface area contributed by atoms with Gasteiger partial charge in [-0.1, -0.05) is 60.7 Å². The summed E-state index contributed by atoms with van der Waals surface area (Å²) in [6, 6.07) is 21.0. The second-order valence-electron chi connectivity index (χ2n) is 4.40. The summed E-state index contributed by atoms with van der Waals surface area (Å²) >= 11 is 0. The quantitative estimate of drug-likeness (QED) is 0.689. The maximum atomic E-state index is 3.43. The van der Waals surface area contributed by atoms with Gasteiger partial charge in [0.05, 0.1) is 0 Å². The van der Waals surface area contributed by atoms with Gasteiger partial charge in [0.2, 0.25) is 0 Å². The van der Waals surface area contributed by atoms with Gasteiger partial charge in [-0.2, -0.15) is 0 Å². The van der Waals surface area contributed by atoms with Gasteiger partial charge < -0.3 is 4.98 Å². The van der Waals surface area contributed by atoms with Gasteiger partial charge in [0.15, 0.2) is 0 Å². The second kappa shape index (κ2) is 4.92. The maximum absolute atomic E-state index is 3.43. The maximum Gasteiger partial charge on any atom is 0.0456 e. The molecule has 0 fully saturated rings. The number of H-pyrrole nitrogens is 1. The van der Waals surface area contributed by atoms with Crippen molar-refractivity contribution in [3.8, 4) is 0 Å². The van der Waals surface area contributed by atoms with E-state index >= 15 is 0 Å². The molecule has 0 aliphatic carbocycles. The predicted molar refractivity (Wildman–Crippen MR) is 77.5 cm³/mol. The van der Waals surface area contributed by atoms with Crippen molar-refractivity contribution in [3.05, 3.63) is 78.0 Å². The molecule has 3 rings (SSSR count). The average molecular weight is 233 g/mol. The number of benzene rings is 2. The molecule has 0 bridgehead atoms. The highest BCUT2D eigenvalue weighted by atomic mass is 14.7. The van der Waals surface area contributed by atoms with Crippen molar-refractivity contribution >= 4 is 17.0 Å². The zero-order valence-corrected chi connectivity index (χ0v) is 10.1. The van der Waals surface area contributed by atoms with Gasteiger partial charge in [-0.25, -0.2) is 0 Å². The highest BCUT2D eigenvalue weighted by Gasteiger charge is 1.97. The highest BCUT2D eigenvalue weighted by Crippen LogP contribution is 2.15. The molecule has 0 saturated heterocycles. The van der Waals surface area contributed by atoms with Crippen molar-refractivity contribution in [3.63, 3.8) is 0 Å². The molecule has 1 N–H and O–H groups in total. The van der Waals surface area contributed by atoms with Crippen LogP contribution in [0, 0.1) is 0 Å². The number of nitrogens with one attached hydrogen (secondary N) is 1. The van der Waals surface area contributed by atoms with Crippen LogP contribution in [0.4, 0.5) is 0 Å². The number of aromatic nitrogens is 1. The molecule has 1 heteroatoms. The van der Waals surface area contributed by atoms with Crippen molar-refractivity contribution in [1.29, 1.82) is 0 Å². The van der Waals surface area contributed by atoms with Crippen LogP contribution in [-0.4, -0.2) is 4.98 Å². The Hall–Kier alpha value is -2.28. The minimum atomic E-state index is 0.934. The Morgan fingerprint density at radius 3 is 2.50 bits per heavy atom. The fraction of sp³-hybridized carbons (Fsp3) is 0.0588. The van der Waals surface area contributed by atoms with Crippen molar-refractivity contribution < 1.29 is 0 Å². The van der Waals surface area contributed by atoms with E-state index in [4.69, 9.17) is 0 Å². The van der Waals surface area contributed by atoms with Crippen LogP contribution >= 0.6 is 0 Å². The third-order valence-corrected chi connectivity index (χ3v) is 3.03. The lowest BCUT2D eigenvalue weighted by Crippen LogP contribution is -1.79. The first-order valence-corrected chi connectivity index (χ1v) is 6.20. The molecule has 0 unspecified atom stereocenters. The van der Waals surface area contributed by atoms with E-state index in [0.29, 0.717) is 0 Å². The Bertz CT molecular complexity index is 629. The van der Waals surface area contributed by atoms with Crippen molar-refractivity contribution in [2.45, 2.75) is 6.42 Å². The monoisotopic (exact) mass is 233 g/mol. The molecular weight excluding hydrogens is 218 g/mol. The van der Waals surface area contributed by atoms with Crippen LogP contribution in [0.2, 0.25) is 0 Å².